The molecule has 2 amide bonds. The van der Waals surface area contributed by atoms with Crippen LogP contribution in [0, 0.1) is 11.6 Å². The molecule has 2 rings (SSSR count). The van der Waals surface area contributed by atoms with Crippen molar-refractivity contribution in [3.8, 4) is 0 Å². The maximum absolute atomic E-state index is 13.3. The van der Waals surface area contributed by atoms with Crippen molar-refractivity contribution in [1.29, 1.82) is 0 Å². The molecule has 0 saturated carbocycles. The molecule has 1 heterocycles. The number of hydrogen-bond acceptors (Lipinski definition) is 4. The number of anilines is 1. The van der Waals surface area contributed by atoms with Crippen molar-refractivity contribution < 1.29 is 23.5 Å². The van der Waals surface area contributed by atoms with E-state index in [9.17, 15) is 23.5 Å². The van der Waals surface area contributed by atoms with Crippen molar-refractivity contribution >= 4 is 28.8 Å². The van der Waals surface area contributed by atoms with Gasteiger partial charge in [0.05, 0.1) is 11.8 Å². The molecule has 0 aliphatic rings. The number of halogens is 2. The van der Waals surface area contributed by atoms with E-state index in [1.54, 1.807) is 16.8 Å². The molecule has 0 saturated heterocycles. The first-order valence-corrected chi connectivity index (χ1v) is 7.16. The number of amides is 2. The molecule has 0 spiro atoms. The summed E-state index contributed by atoms with van der Waals surface area (Å²) in [6.45, 7) is -0.172. The van der Waals surface area contributed by atoms with Gasteiger partial charge in [0.25, 0.3) is 0 Å². The predicted octanol–water partition coefficient (Wildman–Crippen LogP) is 1.81. The maximum Gasteiger partial charge on any atom is 0.313 e. The zero-order valence-corrected chi connectivity index (χ0v) is 12.0. The zero-order valence-electron chi connectivity index (χ0n) is 11.2. The second kappa shape index (κ2) is 7.10. The highest BCUT2D eigenvalue weighted by Gasteiger charge is 2.17. The molecule has 1 aromatic heterocycles. The molecule has 0 aliphatic heterocycles. The molecular formula is C14H12F2N2O3S. The lowest BCUT2D eigenvalue weighted by molar-refractivity contribution is -0.136. The van der Waals surface area contributed by atoms with Crippen molar-refractivity contribution in [2.45, 2.75) is 6.10 Å². The fourth-order valence-electron chi connectivity index (χ4n) is 1.62. The van der Waals surface area contributed by atoms with Gasteiger partial charge in [-0.2, -0.15) is 11.3 Å². The van der Waals surface area contributed by atoms with Crippen molar-refractivity contribution in [2.24, 2.45) is 0 Å². The molecule has 0 bridgehead atoms. The van der Waals surface area contributed by atoms with Gasteiger partial charge in [-0.25, -0.2) is 8.78 Å². The average Bonchev–Trinajstić information content (AvgIpc) is 3.02. The number of benzene rings is 1. The van der Waals surface area contributed by atoms with E-state index in [4.69, 9.17) is 0 Å². The van der Waals surface area contributed by atoms with Gasteiger partial charge in [0.1, 0.15) is 11.6 Å². The summed E-state index contributed by atoms with van der Waals surface area (Å²) in [5.41, 5.74) is 0.181. The Labute approximate surface area is 128 Å². The summed E-state index contributed by atoms with van der Waals surface area (Å²) < 4.78 is 26.3. The Balaban J connectivity index is 1.89. The van der Waals surface area contributed by atoms with Gasteiger partial charge in [0, 0.05) is 12.6 Å². The molecule has 5 nitrogen and oxygen atoms in total. The van der Waals surface area contributed by atoms with Gasteiger partial charge in [0.15, 0.2) is 0 Å². The van der Waals surface area contributed by atoms with Gasteiger partial charge in [0.2, 0.25) is 0 Å². The number of nitrogens with one attached hydrogen (secondary N) is 2. The highest BCUT2D eigenvalue weighted by atomic mass is 32.1. The summed E-state index contributed by atoms with van der Waals surface area (Å²) in [4.78, 5) is 23.2. The molecule has 2 aromatic rings. The summed E-state index contributed by atoms with van der Waals surface area (Å²) >= 11 is 1.38. The Morgan fingerprint density at radius 3 is 2.68 bits per heavy atom. The predicted molar refractivity (Wildman–Crippen MR) is 77.3 cm³/mol. The number of aliphatic hydroxyl groups is 1. The third-order valence-electron chi connectivity index (χ3n) is 2.77. The molecule has 1 atom stereocenters. The third-order valence-corrected chi connectivity index (χ3v) is 3.47. The van der Waals surface area contributed by atoms with Crippen molar-refractivity contribution in [3.05, 3.63) is 52.2 Å². The molecule has 0 aliphatic carbocycles. The van der Waals surface area contributed by atoms with Crippen LogP contribution in [-0.4, -0.2) is 23.5 Å². The summed E-state index contributed by atoms with van der Waals surface area (Å²) in [6.07, 6.45) is -0.950. The van der Waals surface area contributed by atoms with Gasteiger partial charge < -0.3 is 15.7 Å². The van der Waals surface area contributed by atoms with E-state index < -0.39 is 35.2 Å². The normalized spacial score (nSPS) is 11.8. The Morgan fingerprint density at radius 2 is 2.00 bits per heavy atom. The first-order chi connectivity index (χ1) is 10.5. The molecule has 0 fully saturated rings. The van der Waals surface area contributed by atoms with Gasteiger partial charge in [-0.05, 0) is 34.5 Å². The first-order valence-electron chi connectivity index (χ1n) is 6.22. The summed E-state index contributed by atoms with van der Waals surface area (Å²) in [5, 5.41) is 17.4. The summed E-state index contributed by atoms with van der Waals surface area (Å²) in [6, 6.07) is 4.18. The average molecular weight is 326 g/mol. The van der Waals surface area contributed by atoms with Crippen molar-refractivity contribution in [3.63, 3.8) is 0 Å². The standard InChI is InChI=1S/C14H12F2N2O3S/c15-9-1-2-10(16)11(5-9)18-14(21)13(20)17-6-12(19)8-3-4-22-7-8/h1-5,7,12,19H,6H2,(H,17,20)(H,18,21). The van der Waals surface area contributed by atoms with Crippen LogP contribution >= 0.6 is 11.3 Å². The van der Waals surface area contributed by atoms with Crippen LogP contribution in [-0.2, 0) is 9.59 Å². The monoisotopic (exact) mass is 326 g/mol. The molecule has 8 heteroatoms. The third kappa shape index (κ3) is 4.09. The summed E-state index contributed by atoms with van der Waals surface area (Å²) in [7, 11) is 0. The SMILES string of the molecule is O=C(NCC(O)c1ccsc1)C(=O)Nc1cc(F)ccc1F. The van der Waals surface area contributed by atoms with Crippen LogP contribution in [0.2, 0.25) is 0 Å². The van der Waals surface area contributed by atoms with Gasteiger partial charge in [-0.3, -0.25) is 9.59 Å². The lowest BCUT2D eigenvalue weighted by atomic mass is 10.2. The maximum atomic E-state index is 13.3. The van der Waals surface area contributed by atoms with E-state index >= 15 is 0 Å². The molecule has 1 unspecified atom stereocenters. The van der Waals surface area contributed by atoms with Crippen molar-refractivity contribution in [2.75, 3.05) is 11.9 Å². The van der Waals surface area contributed by atoms with E-state index in [0.29, 0.717) is 5.56 Å². The Hall–Kier alpha value is -2.32. The lowest BCUT2D eigenvalue weighted by Crippen LogP contribution is -2.37. The van der Waals surface area contributed by atoms with E-state index in [1.165, 1.54) is 11.3 Å². The molecule has 0 radical (unpaired) electrons. The largest absolute Gasteiger partial charge is 0.387 e. The molecule has 3 N–H and O–H groups in total. The Bertz CT molecular complexity index is 677. The summed E-state index contributed by atoms with van der Waals surface area (Å²) in [5.74, 6) is -3.81. The fourth-order valence-corrected chi connectivity index (χ4v) is 2.33. The molecule has 1 aromatic carbocycles. The van der Waals surface area contributed by atoms with Crippen LogP contribution < -0.4 is 10.6 Å². The van der Waals surface area contributed by atoms with Gasteiger partial charge in [-0.15, -0.1) is 0 Å². The van der Waals surface area contributed by atoms with Crippen LogP contribution in [0.1, 0.15) is 11.7 Å². The quantitative estimate of drug-likeness (QED) is 0.750. The topological polar surface area (TPSA) is 78.4 Å². The zero-order chi connectivity index (χ0) is 16.1. The highest BCUT2D eigenvalue weighted by Crippen LogP contribution is 2.16. The van der Waals surface area contributed by atoms with Crippen LogP contribution in [0.5, 0.6) is 0 Å². The van der Waals surface area contributed by atoms with E-state index in [1.807, 2.05) is 5.32 Å². The second-order valence-corrected chi connectivity index (χ2v) is 5.14. The smallest absolute Gasteiger partial charge is 0.313 e. The number of carbonyl (C=O) groups excluding carboxylic acids is 2. The van der Waals surface area contributed by atoms with E-state index in [-0.39, 0.29) is 6.54 Å². The number of rotatable bonds is 4. The van der Waals surface area contributed by atoms with E-state index in [0.717, 1.165) is 18.2 Å². The van der Waals surface area contributed by atoms with Crippen LogP contribution in [0.15, 0.2) is 35.0 Å². The van der Waals surface area contributed by atoms with E-state index in [2.05, 4.69) is 5.32 Å². The molecule has 116 valence electrons. The number of aliphatic hydroxyl groups excluding tert-OH is 1. The van der Waals surface area contributed by atoms with Crippen LogP contribution in [0.4, 0.5) is 14.5 Å². The number of carbonyl (C=O) groups is 2. The number of hydrogen-bond donors (Lipinski definition) is 3. The van der Waals surface area contributed by atoms with Crippen LogP contribution in [0.3, 0.4) is 0 Å². The highest BCUT2D eigenvalue weighted by molar-refractivity contribution is 7.07. The minimum absolute atomic E-state index is 0.172. The molecule has 22 heavy (non-hydrogen) atoms. The molecular weight excluding hydrogens is 314 g/mol. The second-order valence-electron chi connectivity index (χ2n) is 4.36. The van der Waals surface area contributed by atoms with Gasteiger partial charge >= 0.3 is 11.8 Å². The van der Waals surface area contributed by atoms with Crippen LogP contribution in [0.25, 0.3) is 0 Å². The minimum atomic E-state index is -1.15. The van der Waals surface area contributed by atoms with Crippen molar-refractivity contribution in [1.82, 2.24) is 5.32 Å². The minimum Gasteiger partial charge on any atom is -0.387 e. The first kappa shape index (κ1) is 16.1. The number of thiophene rings is 1. The Kier molecular flexibility index (Phi) is 5.18. The Morgan fingerprint density at radius 1 is 1.23 bits per heavy atom. The lowest BCUT2D eigenvalue weighted by Gasteiger charge is -2.11. The van der Waals surface area contributed by atoms with Gasteiger partial charge in [-0.1, -0.05) is 0 Å². The fraction of sp³-hybridized carbons (Fsp3) is 0.143.